The molecule has 0 bridgehead atoms. The molecule has 0 aromatic heterocycles. The minimum atomic E-state index is -2.26. The Balaban J connectivity index is 1.92. The van der Waals surface area contributed by atoms with Gasteiger partial charge in [-0.1, -0.05) is 91.0 Å². The van der Waals surface area contributed by atoms with E-state index in [0.717, 1.165) is 6.04 Å². The van der Waals surface area contributed by atoms with Crippen LogP contribution >= 0.6 is 0 Å². The fourth-order valence-electron chi connectivity index (χ4n) is 3.84. The van der Waals surface area contributed by atoms with E-state index in [-0.39, 0.29) is 12.1 Å². The highest BCUT2D eigenvalue weighted by Crippen LogP contribution is 2.24. The smallest absolute Gasteiger partial charge is 0.309 e. The lowest BCUT2D eigenvalue weighted by Gasteiger charge is -2.38. The lowest BCUT2D eigenvalue weighted by atomic mass is 10.2. The van der Waals surface area contributed by atoms with Gasteiger partial charge in [-0.2, -0.15) is 0 Å². The van der Waals surface area contributed by atoms with Crippen molar-refractivity contribution < 1.29 is 9.53 Å². The van der Waals surface area contributed by atoms with Crippen LogP contribution in [-0.4, -0.2) is 20.1 Å². The van der Waals surface area contributed by atoms with Crippen molar-refractivity contribution in [3.63, 3.8) is 0 Å². The number of carbonyl (C=O) groups is 1. The molecular formula is C22H20O2Si. The second-order valence-corrected chi connectivity index (χ2v) is 10.5. The Hall–Kier alpha value is -2.65. The van der Waals surface area contributed by atoms with Gasteiger partial charge in [0.2, 0.25) is 0 Å². The highest BCUT2D eigenvalue weighted by Gasteiger charge is 2.45. The van der Waals surface area contributed by atoms with Crippen LogP contribution in [0.25, 0.3) is 0 Å². The van der Waals surface area contributed by atoms with Gasteiger partial charge < -0.3 is 4.74 Å². The van der Waals surface area contributed by atoms with E-state index in [2.05, 4.69) is 91.0 Å². The zero-order chi connectivity index (χ0) is 17.1. The SMILES string of the molecule is O=C1CC(C[Si](c2ccccc2)(c2ccccc2)c2ccccc2)O1. The molecule has 1 aliphatic rings. The van der Waals surface area contributed by atoms with Crippen molar-refractivity contribution >= 4 is 29.6 Å². The molecule has 1 aliphatic heterocycles. The summed E-state index contributed by atoms with van der Waals surface area (Å²) in [5.74, 6) is -0.0814. The number of carbonyl (C=O) groups excluding carboxylic acids is 1. The normalized spacial score (nSPS) is 16.8. The molecule has 2 nitrogen and oxygen atoms in total. The molecular weight excluding hydrogens is 324 g/mol. The minimum absolute atomic E-state index is 0.0137. The van der Waals surface area contributed by atoms with Crippen LogP contribution in [0.1, 0.15) is 6.42 Å². The van der Waals surface area contributed by atoms with E-state index in [0.29, 0.717) is 6.42 Å². The number of esters is 1. The minimum Gasteiger partial charge on any atom is -0.462 e. The van der Waals surface area contributed by atoms with Gasteiger partial charge >= 0.3 is 5.97 Å². The summed E-state index contributed by atoms with van der Waals surface area (Å²) in [6, 6.07) is 33.1. The van der Waals surface area contributed by atoms with E-state index in [9.17, 15) is 4.79 Å². The van der Waals surface area contributed by atoms with Crippen molar-refractivity contribution in [2.24, 2.45) is 0 Å². The Labute approximate surface area is 149 Å². The summed E-state index contributed by atoms with van der Waals surface area (Å²) in [5, 5.41) is 4.07. The molecule has 25 heavy (non-hydrogen) atoms. The fraction of sp³-hybridized carbons (Fsp3) is 0.136. The van der Waals surface area contributed by atoms with Gasteiger partial charge in [-0.3, -0.25) is 4.79 Å². The summed E-state index contributed by atoms with van der Waals surface area (Å²) < 4.78 is 5.45. The number of benzene rings is 3. The van der Waals surface area contributed by atoms with E-state index in [1.807, 2.05) is 0 Å². The van der Waals surface area contributed by atoms with Crippen LogP contribution in [0.5, 0.6) is 0 Å². The van der Waals surface area contributed by atoms with Gasteiger partial charge in [-0.15, -0.1) is 0 Å². The Kier molecular flexibility index (Phi) is 4.24. The highest BCUT2D eigenvalue weighted by atomic mass is 28.3. The zero-order valence-corrected chi connectivity index (χ0v) is 15.0. The van der Waals surface area contributed by atoms with Crippen molar-refractivity contribution in [1.82, 2.24) is 0 Å². The van der Waals surface area contributed by atoms with Gasteiger partial charge in [-0.25, -0.2) is 0 Å². The summed E-state index contributed by atoms with van der Waals surface area (Å²) in [7, 11) is -2.26. The third-order valence-corrected chi connectivity index (χ3v) is 10.1. The molecule has 0 amide bonds. The van der Waals surface area contributed by atoms with Crippen molar-refractivity contribution in [1.29, 1.82) is 0 Å². The highest BCUT2D eigenvalue weighted by molar-refractivity contribution is 7.11. The number of cyclic esters (lactones) is 1. The maximum absolute atomic E-state index is 11.4. The monoisotopic (exact) mass is 344 g/mol. The Bertz CT molecular complexity index is 742. The number of hydrogen-bond acceptors (Lipinski definition) is 2. The van der Waals surface area contributed by atoms with Gasteiger partial charge in [-0.05, 0) is 21.6 Å². The van der Waals surface area contributed by atoms with Crippen LogP contribution in [0.3, 0.4) is 0 Å². The summed E-state index contributed by atoms with van der Waals surface area (Å²) in [6.45, 7) is 0. The summed E-state index contributed by atoms with van der Waals surface area (Å²) in [5.41, 5.74) is 0. The second kappa shape index (κ2) is 6.69. The topological polar surface area (TPSA) is 26.3 Å². The Morgan fingerprint density at radius 2 is 1.08 bits per heavy atom. The van der Waals surface area contributed by atoms with E-state index in [1.54, 1.807) is 0 Å². The van der Waals surface area contributed by atoms with Crippen LogP contribution in [0.2, 0.25) is 6.04 Å². The van der Waals surface area contributed by atoms with Crippen molar-refractivity contribution in [2.45, 2.75) is 18.6 Å². The van der Waals surface area contributed by atoms with E-state index >= 15 is 0 Å². The molecule has 3 heteroatoms. The first-order chi connectivity index (χ1) is 12.3. The molecule has 0 aliphatic carbocycles. The fourth-order valence-corrected chi connectivity index (χ4v) is 8.74. The maximum atomic E-state index is 11.4. The van der Waals surface area contributed by atoms with E-state index in [4.69, 9.17) is 4.74 Å². The lowest BCUT2D eigenvalue weighted by Crippen LogP contribution is -2.69. The average molecular weight is 344 g/mol. The standard InChI is InChI=1S/C22H20O2Si/c23-22-16-18(24-22)17-25(19-10-4-1-5-11-19,20-12-6-2-7-13-20)21-14-8-3-9-15-21/h1-15,18H,16-17H2. The van der Waals surface area contributed by atoms with Gasteiger partial charge in [0.1, 0.15) is 6.10 Å². The molecule has 1 saturated heterocycles. The van der Waals surface area contributed by atoms with Crippen LogP contribution < -0.4 is 15.6 Å². The molecule has 1 unspecified atom stereocenters. The van der Waals surface area contributed by atoms with Crippen molar-refractivity contribution in [3.05, 3.63) is 91.0 Å². The van der Waals surface area contributed by atoms with Gasteiger partial charge in [0.05, 0.1) is 6.42 Å². The third kappa shape index (κ3) is 2.92. The maximum Gasteiger partial charge on any atom is 0.309 e. The Morgan fingerprint density at radius 1 is 0.720 bits per heavy atom. The number of rotatable bonds is 5. The zero-order valence-electron chi connectivity index (χ0n) is 14.0. The van der Waals surface area contributed by atoms with Crippen molar-refractivity contribution in [3.8, 4) is 0 Å². The first kappa shape index (κ1) is 15.9. The second-order valence-electron chi connectivity index (χ2n) is 6.52. The molecule has 0 radical (unpaired) electrons. The first-order valence-corrected chi connectivity index (χ1v) is 10.9. The molecule has 124 valence electrons. The van der Waals surface area contributed by atoms with Crippen LogP contribution in [0, 0.1) is 0 Å². The molecule has 0 N–H and O–H groups in total. The van der Waals surface area contributed by atoms with E-state index in [1.165, 1.54) is 15.6 Å². The van der Waals surface area contributed by atoms with Crippen LogP contribution in [0.4, 0.5) is 0 Å². The molecule has 1 heterocycles. The third-order valence-electron chi connectivity index (χ3n) is 5.03. The molecule has 0 spiro atoms. The summed E-state index contributed by atoms with van der Waals surface area (Å²) in [6.07, 6.45) is 0.543. The quantitative estimate of drug-likeness (QED) is 0.404. The summed E-state index contributed by atoms with van der Waals surface area (Å²) >= 11 is 0. The average Bonchev–Trinajstić information content (AvgIpc) is 2.66. The molecule has 1 atom stereocenters. The largest absolute Gasteiger partial charge is 0.462 e. The van der Waals surface area contributed by atoms with Gasteiger partial charge in [0.25, 0.3) is 0 Å². The molecule has 1 fully saturated rings. The molecule has 4 rings (SSSR count). The number of ether oxygens (including phenoxy) is 1. The summed E-state index contributed by atoms with van der Waals surface area (Å²) in [4.78, 5) is 11.4. The number of hydrogen-bond donors (Lipinski definition) is 0. The van der Waals surface area contributed by atoms with Gasteiger partial charge in [0, 0.05) is 0 Å². The van der Waals surface area contributed by atoms with Crippen LogP contribution in [0.15, 0.2) is 91.0 Å². The predicted octanol–water partition coefficient (Wildman–Crippen LogP) is 2.47. The lowest BCUT2D eigenvalue weighted by molar-refractivity contribution is -0.167. The predicted molar refractivity (Wildman–Crippen MR) is 103 cm³/mol. The molecule has 3 aromatic rings. The Morgan fingerprint density at radius 3 is 1.40 bits per heavy atom. The molecule has 3 aromatic carbocycles. The first-order valence-electron chi connectivity index (χ1n) is 8.65. The van der Waals surface area contributed by atoms with E-state index < -0.39 is 8.07 Å². The van der Waals surface area contributed by atoms with Crippen molar-refractivity contribution in [2.75, 3.05) is 0 Å². The molecule has 0 saturated carbocycles. The van der Waals surface area contributed by atoms with Crippen LogP contribution in [-0.2, 0) is 9.53 Å². The van der Waals surface area contributed by atoms with Gasteiger partial charge in [0.15, 0.2) is 8.07 Å².